The summed E-state index contributed by atoms with van der Waals surface area (Å²) in [6, 6.07) is 5.36. The monoisotopic (exact) mass is 297 g/mol. The summed E-state index contributed by atoms with van der Waals surface area (Å²) < 4.78 is 0.843. The highest BCUT2D eigenvalue weighted by Gasteiger charge is 2.18. The fourth-order valence-electron chi connectivity index (χ4n) is 1.63. The van der Waals surface area contributed by atoms with E-state index in [2.05, 4.69) is 10.6 Å². The molecule has 0 aliphatic rings. The first-order valence-corrected chi connectivity index (χ1v) is 6.69. The van der Waals surface area contributed by atoms with E-state index in [1.807, 2.05) is 6.07 Å². The number of halogens is 1. The molecule has 1 aromatic carbocycles. The summed E-state index contributed by atoms with van der Waals surface area (Å²) in [5.74, 6) is -0.649. The van der Waals surface area contributed by atoms with E-state index >= 15 is 0 Å². The Morgan fingerprint density at radius 2 is 2.16 bits per heavy atom. The molecule has 7 heteroatoms. The average molecular weight is 298 g/mol. The van der Waals surface area contributed by atoms with Crippen LogP contribution in [0.15, 0.2) is 18.2 Å². The molecule has 0 bridgehead atoms. The van der Waals surface area contributed by atoms with Crippen molar-refractivity contribution in [1.29, 1.82) is 0 Å². The third-order valence-electron chi connectivity index (χ3n) is 2.60. The topological polar surface area (TPSA) is 84.2 Å². The zero-order valence-electron chi connectivity index (χ0n) is 10.1. The second-order valence-electron chi connectivity index (χ2n) is 3.81. The van der Waals surface area contributed by atoms with E-state index in [1.165, 1.54) is 18.4 Å². The number of carbonyl (C=O) groups is 2. The summed E-state index contributed by atoms with van der Waals surface area (Å²) in [6.07, 6.45) is 0. The quantitative estimate of drug-likeness (QED) is 0.805. The van der Waals surface area contributed by atoms with Crippen molar-refractivity contribution in [3.05, 3.63) is 28.1 Å². The number of nitrogen functional groups attached to an aromatic ring is 1. The number of benzene rings is 1. The maximum atomic E-state index is 12.0. The minimum absolute atomic E-state index is 0.0866. The van der Waals surface area contributed by atoms with E-state index in [0.29, 0.717) is 21.0 Å². The molecule has 0 spiro atoms. The predicted octanol–water partition coefficient (Wildman–Crippen LogP) is 1.61. The van der Waals surface area contributed by atoms with Gasteiger partial charge < -0.3 is 16.4 Å². The Bertz CT molecular complexity index is 654. The zero-order chi connectivity index (χ0) is 14.0. The molecule has 1 heterocycles. The van der Waals surface area contributed by atoms with Crippen LogP contribution in [0.5, 0.6) is 0 Å². The highest BCUT2D eigenvalue weighted by molar-refractivity contribution is 7.21. The van der Waals surface area contributed by atoms with Crippen molar-refractivity contribution in [3.8, 4) is 0 Å². The number of rotatable bonds is 3. The molecule has 0 saturated heterocycles. The van der Waals surface area contributed by atoms with E-state index in [1.54, 1.807) is 12.1 Å². The first kappa shape index (κ1) is 13.6. The van der Waals surface area contributed by atoms with Gasteiger partial charge in [0.15, 0.2) is 0 Å². The van der Waals surface area contributed by atoms with E-state index in [9.17, 15) is 9.59 Å². The third-order valence-corrected chi connectivity index (χ3v) is 4.08. The van der Waals surface area contributed by atoms with Gasteiger partial charge in [-0.15, -0.1) is 11.3 Å². The zero-order valence-corrected chi connectivity index (χ0v) is 11.7. The summed E-state index contributed by atoms with van der Waals surface area (Å²) in [7, 11) is 1.50. The molecule has 1 aromatic heterocycles. The molecule has 0 fully saturated rings. The minimum Gasteiger partial charge on any atom is -0.397 e. The first-order valence-electron chi connectivity index (χ1n) is 5.50. The molecule has 0 saturated carbocycles. The highest BCUT2D eigenvalue weighted by atomic mass is 35.5. The molecule has 100 valence electrons. The van der Waals surface area contributed by atoms with Crippen LogP contribution in [-0.4, -0.2) is 25.4 Å². The van der Waals surface area contributed by atoms with Crippen molar-refractivity contribution in [1.82, 2.24) is 10.6 Å². The second kappa shape index (κ2) is 5.46. The average Bonchev–Trinajstić information content (AvgIpc) is 2.74. The molecule has 5 nitrogen and oxygen atoms in total. The van der Waals surface area contributed by atoms with Crippen molar-refractivity contribution in [2.75, 3.05) is 19.3 Å². The van der Waals surface area contributed by atoms with Crippen molar-refractivity contribution in [2.45, 2.75) is 0 Å². The lowest BCUT2D eigenvalue weighted by molar-refractivity contribution is -0.119. The Kier molecular flexibility index (Phi) is 3.92. The van der Waals surface area contributed by atoms with Crippen molar-refractivity contribution in [3.63, 3.8) is 0 Å². The molecule has 0 aliphatic carbocycles. The van der Waals surface area contributed by atoms with Gasteiger partial charge in [-0.2, -0.15) is 0 Å². The first-order chi connectivity index (χ1) is 9.04. The third kappa shape index (κ3) is 2.64. The van der Waals surface area contributed by atoms with Crippen LogP contribution in [0.25, 0.3) is 10.1 Å². The number of thiophene rings is 1. The van der Waals surface area contributed by atoms with E-state index in [-0.39, 0.29) is 18.4 Å². The normalized spacial score (nSPS) is 10.4. The van der Waals surface area contributed by atoms with Gasteiger partial charge in [0.05, 0.1) is 17.3 Å². The van der Waals surface area contributed by atoms with Gasteiger partial charge in [0.2, 0.25) is 5.91 Å². The van der Waals surface area contributed by atoms with Gasteiger partial charge in [0.25, 0.3) is 5.91 Å². The number of nitrogens with two attached hydrogens (primary N) is 1. The maximum absolute atomic E-state index is 12.0. The van der Waals surface area contributed by atoms with Crippen molar-refractivity contribution in [2.24, 2.45) is 0 Å². The van der Waals surface area contributed by atoms with Crippen LogP contribution in [0.4, 0.5) is 5.69 Å². The lowest BCUT2D eigenvalue weighted by atomic mass is 10.2. The number of likely N-dealkylation sites (N-methyl/N-ethyl adjacent to an activating group) is 1. The SMILES string of the molecule is CNC(=O)CNC(=O)c1sc2cccc(Cl)c2c1N. The Morgan fingerprint density at radius 3 is 2.79 bits per heavy atom. The number of hydrogen-bond acceptors (Lipinski definition) is 4. The second-order valence-corrected chi connectivity index (χ2v) is 5.27. The molecule has 2 amide bonds. The fourth-order valence-corrected chi connectivity index (χ4v) is 3.02. The van der Waals surface area contributed by atoms with Gasteiger partial charge in [-0.25, -0.2) is 0 Å². The summed E-state index contributed by atoms with van der Waals surface area (Å²) in [5, 5.41) is 6.12. The smallest absolute Gasteiger partial charge is 0.263 e. The molecular weight excluding hydrogens is 286 g/mol. The number of carbonyl (C=O) groups excluding carboxylic acids is 2. The molecule has 2 rings (SSSR count). The van der Waals surface area contributed by atoms with E-state index in [0.717, 1.165) is 4.70 Å². The van der Waals surface area contributed by atoms with E-state index in [4.69, 9.17) is 17.3 Å². The Morgan fingerprint density at radius 1 is 1.42 bits per heavy atom. The van der Waals surface area contributed by atoms with Crippen molar-refractivity contribution >= 4 is 50.5 Å². The molecular formula is C12H12ClN3O2S. The minimum atomic E-state index is -0.377. The molecule has 0 unspecified atom stereocenters. The number of nitrogens with one attached hydrogen (secondary N) is 2. The van der Waals surface area contributed by atoms with Crippen LogP contribution in [0.1, 0.15) is 9.67 Å². The molecule has 0 atom stereocenters. The largest absolute Gasteiger partial charge is 0.397 e. The summed E-state index contributed by atoms with van der Waals surface area (Å²) in [5.41, 5.74) is 6.29. The number of hydrogen-bond donors (Lipinski definition) is 3. The molecule has 4 N–H and O–H groups in total. The fraction of sp³-hybridized carbons (Fsp3) is 0.167. The van der Waals surface area contributed by atoms with E-state index < -0.39 is 0 Å². The van der Waals surface area contributed by atoms with Crippen LogP contribution in [0, 0.1) is 0 Å². The summed E-state index contributed by atoms with van der Waals surface area (Å²) >= 11 is 7.31. The lowest BCUT2D eigenvalue weighted by Crippen LogP contribution is -2.35. The predicted molar refractivity (Wildman–Crippen MR) is 77.6 cm³/mol. The van der Waals surface area contributed by atoms with Crippen LogP contribution in [0.2, 0.25) is 5.02 Å². The van der Waals surface area contributed by atoms with Crippen molar-refractivity contribution < 1.29 is 9.59 Å². The summed E-state index contributed by atoms with van der Waals surface area (Å²) in [6.45, 7) is -0.0866. The van der Waals surface area contributed by atoms with Gasteiger partial charge in [-0.05, 0) is 12.1 Å². The number of fused-ring (bicyclic) bond motifs is 1. The highest BCUT2D eigenvalue weighted by Crippen LogP contribution is 2.37. The number of anilines is 1. The molecule has 0 radical (unpaired) electrons. The van der Waals surface area contributed by atoms with Crippen LogP contribution >= 0.6 is 22.9 Å². The molecule has 0 aliphatic heterocycles. The van der Waals surface area contributed by atoms with Gasteiger partial charge in [0.1, 0.15) is 4.88 Å². The lowest BCUT2D eigenvalue weighted by Gasteiger charge is -2.03. The van der Waals surface area contributed by atoms with Crippen LogP contribution in [-0.2, 0) is 4.79 Å². The Hall–Kier alpha value is -1.79. The standard InChI is InChI=1S/C12H12ClN3O2S/c1-15-8(17)5-16-12(18)11-10(14)9-6(13)3-2-4-7(9)19-11/h2-4H,5,14H2,1H3,(H,15,17)(H,16,18). The Labute approximate surface area is 118 Å². The van der Waals surface area contributed by atoms with Gasteiger partial charge >= 0.3 is 0 Å². The van der Waals surface area contributed by atoms with Gasteiger partial charge in [-0.1, -0.05) is 17.7 Å². The maximum Gasteiger partial charge on any atom is 0.263 e. The Balaban J connectivity index is 2.30. The summed E-state index contributed by atoms with van der Waals surface area (Å²) in [4.78, 5) is 23.4. The molecule has 19 heavy (non-hydrogen) atoms. The number of amides is 2. The van der Waals surface area contributed by atoms with Crippen LogP contribution < -0.4 is 16.4 Å². The van der Waals surface area contributed by atoms with Gasteiger partial charge in [0, 0.05) is 17.1 Å². The molecule has 2 aromatic rings. The van der Waals surface area contributed by atoms with Crippen LogP contribution in [0.3, 0.4) is 0 Å². The van der Waals surface area contributed by atoms with Gasteiger partial charge in [-0.3, -0.25) is 9.59 Å².